The molecule has 0 bridgehead atoms. The molecule has 2 aromatic carbocycles. The highest BCUT2D eigenvalue weighted by atomic mass is 32.2. The van der Waals surface area contributed by atoms with Gasteiger partial charge in [0, 0.05) is 17.5 Å². The van der Waals surface area contributed by atoms with Crippen LogP contribution >= 0.6 is 23.1 Å². The summed E-state index contributed by atoms with van der Waals surface area (Å²) in [4.78, 5) is 25.4. The molecule has 1 N–H and O–H groups in total. The van der Waals surface area contributed by atoms with Crippen LogP contribution in [0, 0.1) is 0 Å². The number of hydrogen-bond donors (Lipinski definition) is 1. The summed E-state index contributed by atoms with van der Waals surface area (Å²) in [5.41, 5.74) is 1.92. The molecule has 38 heavy (non-hydrogen) atoms. The Morgan fingerprint density at radius 2 is 1.76 bits per heavy atom. The molecule has 0 aliphatic carbocycles. The lowest BCUT2D eigenvalue weighted by molar-refractivity contribution is -0.113. The molecule has 0 aliphatic rings. The third kappa shape index (κ3) is 6.17. The first-order valence-electron chi connectivity index (χ1n) is 11.9. The van der Waals surface area contributed by atoms with Gasteiger partial charge in [0.1, 0.15) is 22.1 Å². The molecule has 0 spiro atoms. The van der Waals surface area contributed by atoms with Crippen LogP contribution in [0.5, 0.6) is 11.5 Å². The van der Waals surface area contributed by atoms with Gasteiger partial charge in [0.2, 0.25) is 5.91 Å². The van der Waals surface area contributed by atoms with Crippen LogP contribution in [0.25, 0.3) is 11.1 Å². The van der Waals surface area contributed by atoms with Gasteiger partial charge in [-0.3, -0.25) is 4.79 Å². The van der Waals surface area contributed by atoms with Gasteiger partial charge >= 0.3 is 5.97 Å². The summed E-state index contributed by atoms with van der Waals surface area (Å²) in [5.74, 6) is 1.40. The average molecular weight is 553 g/mol. The first-order chi connectivity index (χ1) is 18.4. The predicted octanol–water partition coefficient (Wildman–Crippen LogP) is 5.69. The average Bonchev–Trinajstić information content (AvgIpc) is 3.56. The number of hydrogen-bond acceptors (Lipinski definition) is 9. The number of thiophene rings is 1. The van der Waals surface area contributed by atoms with Crippen molar-refractivity contribution >= 4 is 40.0 Å². The van der Waals surface area contributed by atoms with Crippen molar-refractivity contribution < 1.29 is 23.8 Å². The molecule has 1 amide bonds. The summed E-state index contributed by atoms with van der Waals surface area (Å²) in [6, 6.07) is 16.8. The number of aromatic nitrogens is 3. The molecule has 0 radical (unpaired) electrons. The second kappa shape index (κ2) is 12.6. The van der Waals surface area contributed by atoms with Gasteiger partial charge in [-0.15, -0.1) is 21.5 Å². The maximum absolute atomic E-state index is 12.9. The number of esters is 1. The number of benzene rings is 2. The number of nitrogens with one attached hydrogen (secondary N) is 1. The summed E-state index contributed by atoms with van der Waals surface area (Å²) < 4.78 is 18.1. The van der Waals surface area contributed by atoms with Crippen LogP contribution in [0.1, 0.15) is 36.1 Å². The van der Waals surface area contributed by atoms with Gasteiger partial charge in [-0.25, -0.2) is 4.79 Å². The van der Waals surface area contributed by atoms with Crippen LogP contribution in [0.4, 0.5) is 5.00 Å². The van der Waals surface area contributed by atoms with E-state index in [0.29, 0.717) is 39.4 Å². The SMILES string of the molecule is CCn1c(SCC(=O)Nc2scc(-c3ccccc3)c2C(=O)OC)nnc1C(C)Oc1ccc(OC)cc1. The van der Waals surface area contributed by atoms with E-state index in [9.17, 15) is 9.59 Å². The van der Waals surface area contributed by atoms with Gasteiger partial charge in [-0.2, -0.15) is 0 Å². The largest absolute Gasteiger partial charge is 0.497 e. The number of carbonyl (C=O) groups is 2. The lowest BCUT2D eigenvalue weighted by Crippen LogP contribution is -2.17. The standard InChI is InChI=1S/C27H28N4O5S2/c1-5-31-24(17(2)36-20-13-11-19(34-3)12-14-20)29-30-27(31)38-16-22(32)28-25-23(26(33)35-4)21(15-37-25)18-9-7-6-8-10-18/h6-15,17H,5,16H2,1-4H3,(H,28,32). The first-order valence-corrected chi connectivity index (χ1v) is 13.7. The zero-order valence-electron chi connectivity index (χ0n) is 21.5. The molecule has 4 aromatic rings. The Kier molecular flexibility index (Phi) is 9.03. The molecule has 2 heterocycles. The highest BCUT2D eigenvalue weighted by Gasteiger charge is 2.23. The van der Waals surface area contributed by atoms with Gasteiger partial charge in [-0.05, 0) is 43.7 Å². The van der Waals surface area contributed by atoms with Crippen LogP contribution in [-0.2, 0) is 16.1 Å². The predicted molar refractivity (Wildman–Crippen MR) is 148 cm³/mol. The molecule has 2 aromatic heterocycles. The quantitative estimate of drug-likeness (QED) is 0.187. The highest BCUT2D eigenvalue weighted by Crippen LogP contribution is 2.36. The molecule has 9 nitrogen and oxygen atoms in total. The van der Waals surface area contributed by atoms with Gasteiger partial charge < -0.3 is 24.1 Å². The Morgan fingerprint density at radius 1 is 1.05 bits per heavy atom. The van der Waals surface area contributed by atoms with Gasteiger partial charge in [0.05, 0.1) is 20.0 Å². The molecule has 11 heteroatoms. The summed E-state index contributed by atoms with van der Waals surface area (Å²) in [5, 5.41) is 14.4. The zero-order valence-corrected chi connectivity index (χ0v) is 23.1. The minimum absolute atomic E-state index is 0.0883. The molecule has 198 valence electrons. The van der Waals surface area contributed by atoms with E-state index in [-0.39, 0.29) is 17.8 Å². The second-order valence-electron chi connectivity index (χ2n) is 8.07. The van der Waals surface area contributed by atoms with Crippen LogP contribution in [0.3, 0.4) is 0 Å². The van der Waals surface area contributed by atoms with Crippen LogP contribution in [-0.4, -0.2) is 46.6 Å². The van der Waals surface area contributed by atoms with E-state index in [1.165, 1.54) is 30.2 Å². The Morgan fingerprint density at radius 3 is 2.42 bits per heavy atom. The molecule has 0 saturated heterocycles. The Balaban J connectivity index is 1.43. The van der Waals surface area contributed by atoms with Crippen molar-refractivity contribution in [3.8, 4) is 22.6 Å². The number of nitrogens with zero attached hydrogens (tertiary/aromatic N) is 3. The summed E-state index contributed by atoms with van der Waals surface area (Å²) >= 11 is 2.55. The number of methoxy groups -OCH3 is 2. The van der Waals surface area contributed by atoms with Crippen molar-refractivity contribution in [1.29, 1.82) is 0 Å². The van der Waals surface area contributed by atoms with Crippen molar-refractivity contribution in [1.82, 2.24) is 14.8 Å². The number of thioether (sulfide) groups is 1. The van der Waals surface area contributed by atoms with Crippen molar-refractivity contribution in [2.75, 3.05) is 25.3 Å². The van der Waals surface area contributed by atoms with Crippen LogP contribution in [0.15, 0.2) is 65.1 Å². The van der Waals surface area contributed by atoms with E-state index in [1.807, 2.05) is 78.4 Å². The van der Waals surface area contributed by atoms with E-state index in [4.69, 9.17) is 14.2 Å². The Bertz CT molecular complexity index is 1390. The number of ether oxygens (including phenoxy) is 3. The molecule has 0 saturated carbocycles. The second-order valence-corrected chi connectivity index (χ2v) is 9.89. The molecule has 4 rings (SSSR count). The summed E-state index contributed by atoms with van der Waals surface area (Å²) in [6.45, 7) is 4.49. The van der Waals surface area contributed by atoms with Gasteiger partial charge in [0.25, 0.3) is 0 Å². The number of amides is 1. The number of carbonyl (C=O) groups excluding carboxylic acids is 2. The minimum atomic E-state index is -0.505. The fourth-order valence-corrected chi connectivity index (χ4v) is 5.58. The van der Waals surface area contributed by atoms with E-state index in [2.05, 4.69) is 15.5 Å². The third-order valence-corrected chi connectivity index (χ3v) is 7.51. The lowest BCUT2D eigenvalue weighted by Gasteiger charge is -2.15. The summed E-state index contributed by atoms with van der Waals surface area (Å²) in [6.07, 6.45) is -0.357. The van der Waals surface area contributed by atoms with Crippen molar-refractivity contribution in [2.45, 2.75) is 31.7 Å². The van der Waals surface area contributed by atoms with Crippen molar-refractivity contribution in [2.24, 2.45) is 0 Å². The fourth-order valence-electron chi connectivity index (χ4n) is 3.79. The molecule has 1 atom stereocenters. The normalized spacial score (nSPS) is 11.6. The monoisotopic (exact) mass is 552 g/mol. The Hall–Kier alpha value is -3.83. The van der Waals surface area contributed by atoms with E-state index in [0.717, 1.165) is 11.3 Å². The smallest absolute Gasteiger partial charge is 0.341 e. The van der Waals surface area contributed by atoms with Crippen LogP contribution in [0.2, 0.25) is 0 Å². The van der Waals surface area contributed by atoms with Crippen molar-refractivity contribution in [3.63, 3.8) is 0 Å². The topological polar surface area (TPSA) is 105 Å². The fraction of sp³-hybridized carbons (Fsp3) is 0.259. The summed E-state index contributed by atoms with van der Waals surface area (Å²) in [7, 11) is 2.94. The highest BCUT2D eigenvalue weighted by molar-refractivity contribution is 7.99. The van der Waals surface area contributed by atoms with E-state index < -0.39 is 5.97 Å². The van der Waals surface area contributed by atoms with Gasteiger partial charge in [-0.1, -0.05) is 42.1 Å². The third-order valence-electron chi connectivity index (χ3n) is 5.65. The lowest BCUT2D eigenvalue weighted by atomic mass is 10.0. The minimum Gasteiger partial charge on any atom is -0.497 e. The molecular formula is C27H28N4O5S2. The van der Waals surface area contributed by atoms with Gasteiger partial charge in [0.15, 0.2) is 17.1 Å². The van der Waals surface area contributed by atoms with E-state index in [1.54, 1.807) is 7.11 Å². The number of anilines is 1. The van der Waals surface area contributed by atoms with Crippen molar-refractivity contribution in [3.05, 3.63) is 71.4 Å². The first kappa shape index (κ1) is 27.2. The zero-order chi connectivity index (χ0) is 27.1. The maximum Gasteiger partial charge on any atom is 0.341 e. The molecule has 0 fully saturated rings. The maximum atomic E-state index is 12.9. The molecular weight excluding hydrogens is 524 g/mol. The Labute approximate surface area is 229 Å². The number of rotatable bonds is 11. The van der Waals surface area contributed by atoms with Crippen LogP contribution < -0.4 is 14.8 Å². The molecule has 0 aliphatic heterocycles. The van der Waals surface area contributed by atoms with E-state index >= 15 is 0 Å². The molecule has 1 unspecified atom stereocenters.